The molecule has 3 heterocycles. The largest absolute Gasteiger partial charge is 0.458 e. The molecule has 0 atom stereocenters. The molecule has 5 aromatic rings. The first kappa shape index (κ1) is 17.1. The number of imidazole rings is 1. The van der Waals surface area contributed by atoms with Gasteiger partial charge in [0.1, 0.15) is 29.0 Å². The highest BCUT2D eigenvalue weighted by molar-refractivity contribution is 5.83. The van der Waals surface area contributed by atoms with E-state index in [1.165, 1.54) is 18.5 Å². The summed E-state index contributed by atoms with van der Waals surface area (Å²) in [6.07, 6.45) is 2.92. The quantitative estimate of drug-likeness (QED) is 0.509. The third kappa shape index (κ3) is 2.82. The van der Waals surface area contributed by atoms with Crippen molar-refractivity contribution in [2.45, 2.75) is 6.54 Å². The molecule has 0 unspecified atom stereocenters. The number of anilines is 1. The summed E-state index contributed by atoms with van der Waals surface area (Å²) in [5.74, 6) is 0.303. The number of nitrogens with two attached hydrogens (primary N) is 1. The third-order valence-corrected chi connectivity index (χ3v) is 4.75. The van der Waals surface area contributed by atoms with Crippen molar-refractivity contribution >= 4 is 28.0 Å². The van der Waals surface area contributed by atoms with E-state index in [-0.39, 0.29) is 23.6 Å². The van der Waals surface area contributed by atoms with Crippen LogP contribution >= 0.6 is 0 Å². The first-order chi connectivity index (χ1) is 14.1. The molecular formula is C21H14FN5O2. The van der Waals surface area contributed by atoms with Crippen LogP contribution in [0.2, 0.25) is 0 Å². The Morgan fingerprint density at radius 2 is 1.83 bits per heavy atom. The Bertz CT molecular complexity index is 1420. The van der Waals surface area contributed by atoms with Crippen LogP contribution in [-0.4, -0.2) is 19.5 Å². The second-order valence-corrected chi connectivity index (χ2v) is 6.54. The maximum atomic E-state index is 13.4. The van der Waals surface area contributed by atoms with Gasteiger partial charge in [0.15, 0.2) is 11.5 Å². The van der Waals surface area contributed by atoms with Gasteiger partial charge < -0.3 is 14.7 Å². The summed E-state index contributed by atoms with van der Waals surface area (Å²) < 4.78 is 21.3. The molecule has 0 amide bonds. The molecule has 0 fully saturated rings. The minimum absolute atomic E-state index is 0.188. The summed E-state index contributed by atoms with van der Waals surface area (Å²) in [5.41, 5.74) is 8.08. The highest BCUT2D eigenvalue weighted by Gasteiger charge is 2.18. The standard InChI is InChI=1S/C21H14FN5O2/c22-13-7-5-12(6-8-13)17-16(29-15-4-2-1-3-14(15)19(17)28)9-27-11-26-18-20(23)24-10-25-21(18)27/h1-8,10-11H,9H2,(H2,23,24,25). The highest BCUT2D eigenvalue weighted by Crippen LogP contribution is 2.26. The Balaban J connectivity index is 1.75. The average molecular weight is 387 g/mol. The van der Waals surface area contributed by atoms with E-state index in [1.807, 2.05) is 0 Å². The Morgan fingerprint density at radius 1 is 1.03 bits per heavy atom. The highest BCUT2D eigenvalue weighted by atomic mass is 19.1. The van der Waals surface area contributed by atoms with E-state index >= 15 is 0 Å². The van der Waals surface area contributed by atoms with Crippen LogP contribution < -0.4 is 11.2 Å². The molecule has 0 saturated heterocycles. The molecular weight excluding hydrogens is 373 g/mol. The molecule has 0 saturated carbocycles. The first-order valence-electron chi connectivity index (χ1n) is 8.84. The van der Waals surface area contributed by atoms with Gasteiger partial charge in [0, 0.05) is 0 Å². The van der Waals surface area contributed by atoms with E-state index in [4.69, 9.17) is 10.2 Å². The predicted octanol–water partition coefficient (Wildman–Crippen LogP) is 3.37. The van der Waals surface area contributed by atoms with Gasteiger partial charge in [-0.15, -0.1) is 0 Å². The van der Waals surface area contributed by atoms with Crippen molar-refractivity contribution in [3.8, 4) is 11.1 Å². The Morgan fingerprint density at radius 3 is 2.66 bits per heavy atom. The van der Waals surface area contributed by atoms with Crippen molar-refractivity contribution in [3.63, 3.8) is 0 Å². The number of hydrogen-bond donors (Lipinski definition) is 1. The fraction of sp³-hybridized carbons (Fsp3) is 0.0476. The van der Waals surface area contributed by atoms with Crippen LogP contribution in [0.3, 0.4) is 0 Å². The average Bonchev–Trinajstić information content (AvgIpc) is 3.14. The fourth-order valence-electron chi connectivity index (χ4n) is 3.38. The molecule has 5 rings (SSSR count). The molecule has 8 heteroatoms. The van der Waals surface area contributed by atoms with E-state index in [1.54, 1.807) is 47.3 Å². The molecule has 0 aliphatic rings. The van der Waals surface area contributed by atoms with Crippen molar-refractivity contribution in [2.24, 2.45) is 0 Å². The molecule has 0 aliphatic heterocycles. The summed E-state index contributed by atoms with van der Waals surface area (Å²) in [6.45, 7) is 0.194. The molecule has 3 aromatic heterocycles. The number of para-hydroxylation sites is 1. The smallest absolute Gasteiger partial charge is 0.200 e. The summed E-state index contributed by atoms with van der Waals surface area (Å²) in [5, 5.41) is 0.456. The Hall–Kier alpha value is -4.07. The van der Waals surface area contributed by atoms with Crippen LogP contribution in [0, 0.1) is 5.82 Å². The van der Waals surface area contributed by atoms with Gasteiger partial charge in [0.05, 0.1) is 23.8 Å². The second-order valence-electron chi connectivity index (χ2n) is 6.54. The van der Waals surface area contributed by atoms with Crippen LogP contribution in [0.15, 0.2) is 70.4 Å². The summed E-state index contributed by atoms with van der Waals surface area (Å²) >= 11 is 0. The summed E-state index contributed by atoms with van der Waals surface area (Å²) in [7, 11) is 0. The van der Waals surface area contributed by atoms with E-state index in [0.29, 0.717) is 39.0 Å². The van der Waals surface area contributed by atoms with Crippen molar-refractivity contribution in [2.75, 3.05) is 5.73 Å². The lowest BCUT2D eigenvalue weighted by Crippen LogP contribution is -2.12. The van der Waals surface area contributed by atoms with Gasteiger partial charge in [0.25, 0.3) is 0 Å². The zero-order chi connectivity index (χ0) is 20.0. The van der Waals surface area contributed by atoms with Gasteiger partial charge in [0.2, 0.25) is 5.43 Å². The first-order valence-corrected chi connectivity index (χ1v) is 8.84. The van der Waals surface area contributed by atoms with E-state index < -0.39 is 0 Å². The second kappa shape index (κ2) is 6.52. The molecule has 2 N–H and O–H groups in total. The number of fused-ring (bicyclic) bond motifs is 2. The van der Waals surface area contributed by atoms with Gasteiger partial charge in [-0.1, -0.05) is 24.3 Å². The Labute approximate surface area is 163 Å². The minimum atomic E-state index is -0.381. The SMILES string of the molecule is Nc1ncnc2c1ncn2Cc1oc2ccccc2c(=O)c1-c1ccc(F)cc1. The normalized spacial score (nSPS) is 11.3. The number of halogens is 1. The number of hydrogen-bond acceptors (Lipinski definition) is 6. The predicted molar refractivity (Wildman–Crippen MR) is 107 cm³/mol. The van der Waals surface area contributed by atoms with Gasteiger partial charge >= 0.3 is 0 Å². The molecule has 0 radical (unpaired) electrons. The molecule has 0 bridgehead atoms. The topological polar surface area (TPSA) is 99.8 Å². The van der Waals surface area contributed by atoms with Crippen molar-refractivity contribution in [1.29, 1.82) is 0 Å². The van der Waals surface area contributed by atoms with E-state index in [9.17, 15) is 9.18 Å². The minimum Gasteiger partial charge on any atom is -0.458 e. The molecule has 0 aliphatic carbocycles. The molecule has 142 valence electrons. The van der Waals surface area contributed by atoms with Gasteiger partial charge in [-0.05, 0) is 29.8 Å². The maximum Gasteiger partial charge on any atom is 0.200 e. The van der Waals surface area contributed by atoms with Crippen LogP contribution in [0.4, 0.5) is 10.2 Å². The van der Waals surface area contributed by atoms with E-state index in [2.05, 4.69) is 15.0 Å². The summed E-state index contributed by atoms with van der Waals surface area (Å²) in [4.78, 5) is 25.7. The summed E-state index contributed by atoms with van der Waals surface area (Å²) in [6, 6.07) is 12.8. The maximum absolute atomic E-state index is 13.4. The van der Waals surface area contributed by atoms with Gasteiger partial charge in [-0.2, -0.15) is 0 Å². The number of benzene rings is 2. The molecule has 7 nitrogen and oxygen atoms in total. The fourth-order valence-corrected chi connectivity index (χ4v) is 3.38. The lowest BCUT2D eigenvalue weighted by molar-refractivity contribution is 0.521. The number of nitrogens with zero attached hydrogens (tertiary/aromatic N) is 4. The monoisotopic (exact) mass is 387 g/mol. The van der Waals surface area contributed by atoms with Crippen LogP contribution in [0.5, 0.6) is 0 Å². The molecule has 29 heavy (non-hydrogen) atoms. The van der Waals surface area contributed by atoms with E-state index in [0.717, 1.165) is 0 Å². The Kier molecular flexibility index (Phi) is 3.83. The van der Waals surface area contributed by atoms with Crippen molar-refractivity contribution in [3.05, 3.63) is 83.0 Å². The lowest BCUT2D eigenvalue weighted by atomic mass is 10.0. The number of nitrogen functional groups attached to an aromatic ring is 1. The number of rotatable bonds is 3. The van der Waals surface area contributed by atoms with Crippen LogP contribution in [-0.2, 0) is 6.54 Å². The molecule has 0 spiro atoms. The zero-order valence-electron chi connectivity index (χ0n) is 15.0. The zero-order valence-corrected chi connectivity index (χ0v) is 15.0. The van der Waals surface area contributed by atoms with Crippen molar-refractivity contribution in [1.82, 2.24) is 19.5 Å². The van der Waals surface area contributed by atoms with Crippen LogP contribution in [0.25, 0.3) is 33.3 Å². The van der Waals surface area contributed by atoms with Crippen LogP contribution in [0.1, 0.15) is 5.76 Å². The number of aromatic nitrogens is 4. The lowest BCUT2D eigenvalue weighted by Gasteiger charge is -2.11. The van der Waals surface area contributed by atoms with Crippen molar-refractivity contribution < 1.29 is 8.81 Å². The van der Waals surface area contributed by atoms with Gasteiger partial charge in [-0.3, -0.25) is 4.79 Å². The van der Waals surface area contributed by atoms with Gasteiger partial charge in [-0.25, -0.2) is 19.3 Å². The third-order valence-electron chi connectivity index (χ3n) is 4.75. The molecule has 2 aromatic carbocycles.